The first-order chi connectivity index (χ1) is 18.2. The van der Waals surface area contributed by atoms with Crippen molar-refractivity contribution in [2.75, 3.05) is 0 Å². The third-order valence-corrected chi connectivity index (χ3v) is 7.40. The summed E-state index contributed by atoms with van der Waals surface area (Å²) in [6, 6.07) is 27.9. The van der Waals surface area contributed by atoms with Crippen molar-refractivity contribution in [1.82, 2.24) is 10.4 Å². The highest BCUT2D eigenvalue weighted by Crippen LogP contribution is 2.39. The Morgan fingerprint density at radius 1 is 0.947 bits per heavy atom. The van der Waals surface area contributed by atoms with Gasteiger partial charge in [-0.3, -0.25) is 5.01 Å². The van der Waals surface area contributed by atoms with Crippen LogP contribution < -0.4 is 10.2 Å². The second-order valence-electron chi connectivity index (χ2n) is 8.32. The van der Waals surface area contributed by atoms with Gasteiger partial charge in [-0.1, -0.05) is 71.4 Å². The predicted molar refractivity (Wildman–Crippen MR) is 146 cm³/mol. The number of nitrogens with zero attached hydrogens (tertiary/aromatic N) is 2. The number of rotatable bonds is 6. The Morgan fingerprint density at radius 3 is 2.47 bits per heavy atom. The molecule has 4 aromatic carbocycles. The number of hydrogen-bond acceptors (Lipinski definition) is 4. The maximum atomic E-state index is 13.1. The molecule has 10 heteroatoms. The number of aliphatic imine (C=N–C) groups is 1. The summed E-state index contributed by atoms with van der Waals surface area (Å²) in [6.45, 7) is 0.529. The number of alkyl halides is 3. The summed E-state index contributed by atoms with van der Waals surface area (Å²) < 4.78 is 45.1. The lowest BCUT2D eigenvalue weighted by molar-refractivity contribution is -0.137. The molecule has 0 amide bonds. The van der Waals surface area contributed by atoms with E-state index >= 15 is 0 Å². The summed E-state index contributed by atoms with van der Waals surface area (Å²) in [6.07, 6.45) is -4.45. The Labute approximate surface area is 232 Å². The molecule has 0 bridgehead atoms. The van der Waals surface area contributed by atoms with Crippen molar-refractivity contribution < 1.29 is 17.9 Å². The zero-order chi connectivity index (χ0) is 26.7. The fraction of sp³-hybridized carbons (Fsp3) is 0.107. The molecule has 1 saturated heterocycles. The smallest absolute Gasteiger partial charge is 0.416 e. The molecule has 1 heterocycles. The van der Waals surface area contributed by atoms with Crippen LogP contribution in [0.4, 0.5) is 18.9 Å². The van der Waals surface area contributed by atoms with E-state index in [-0.39, 0.29) is 11.1 Å². The lowest BCUT2D eigenvalue weighted by atomic mass is 10.2. The minimum absolute atomic E-state index is 0.104. The van der Waals surface area contributed by atoms with Gasteiger partial charge in [0.1, 0.15) is 16.9 Å². The largest absolute Gasteiger partial charge is 0.457 e. The van der Waals surface area contributed by atoms with E-state index in [2.05, 4.69) is 11.5 Å². The minimum atomic E-state index is -4.45. The quantitative estimate of drug-likeness (QED) is 0.250. The fourth-order valence-electron chi connectivity index (χ4n) is 3.72. The van der Waals surface area contributed by atoms with E-state index in [1.807, 2.05) is 35.3 Å². The molecule has 0 aliphatic carbocycles. The molecule has 1 aliphatic rings. The van der Waals surface area contributed by atoms with Crippen molar-refractivity contribution in [2.24, 2.45) is 4.99 Å². The molecule has 4 aromatic rings. The van der Waals surface area contributed by atoms with Crippen molar-refractivity contribution in [2.45, 2.75) is 18.1 Å². The Kier molecular flexibility index (Phi) is 7.85. The van der Waals surface area contributed by atoms with Gasteiger partial charge >= 0.3 is 6.18 Å². The van der Waals surface area contributed by atoms with Crippen LogP contribution >= 0.6 is 35.0 Å². The third kappa shape index (κ3) is 6.45. The van der Waals surface area contributed by atoms with Crippen LogP contribution in [0, 0.1) is 6.07 Å². The number of ether oxygens (including phenoxy) is 1. The molecule has 5 rings (SSSR count). The topological polar surface area (TPSA) is 36.9 Å². The van der Waals surface area contributed by atoms with E-state index in [0.29, 0.717) is 33.2 Å². The van der Waals surface area contributed by atoms with E-state index in [9.17, 15) is 13.2 Å². The highest BCUT2D eigenvalue weighted by atomic mass is 35.5. The normalized spacial score (nSPS) is 16.7. The zero-order valence-electron chi connectivity index (χ0n) is 19.5. The standard InChI is InChI=1S/C28H19Cl2F3N3OS/c29-24-13-12-21(16-25(24)30)34-27-36(17-18-6-2-1-3-7-18)35-26(38-27)19-8-4-10-22(14-19)37-23-11-5-9-20(15-23)28(31,32)33/h1-2,4-16,26,35H,17H2. The van der Waals surface area contributed by atoms with Crippen molar-refractivity contribution >= 4 is 45.8 Å². The van der Waals surface area contributed by atoms with Crippen molar-refractivity contribution in [3.8, 4) is 11.5 Å². The number of hydrogen-bond donors (Lipinski definition) is 1. The molecule has 4 nitrogen and oxygen atoms in total. The number of benzene rings is 4. The molecular formula is C28H19Cl2F3N3OS. The monoisotopic (exact) mass is 572 g/mol. The molecular weight excluding hydrogens is 554 g/mol. The molecule has 1 aliphatic heterocycles. The summed E-state index contributed by atoms with van der Waals surface area (Å²) in [7, 11) is 0. The maximum absolute atomic E-state index is 13.1. The van der Waals surface area contributed by atoms with E-state index in [1.165, 1.54) is 23.9 Å². The summed E-state index contributed by atoms with van der Waals surface area (Å²) in [5.74, 6) is 0.524. The molecule has 38 heavy (non-hydrogen) atoms. The summed E-state index contributed by atoms with van der Waals surface area (Å²) in [4.78, 5) is 4.79. The summed E-state index contributed by atoms with van der Waals surface area (Å²) >= 11 is 13.7. The second-order valence-corrected chi connectivity index (χ2v) is 10.2. The zero-order valence-corrected chi connectivity index (χ0v) is 21.9. The molecule has 1 fully saturated rings. The van der Waals surface area contributed by atoms with Crippen LogP contribution in [-0.2, 0) is 12.7 Å². The van der Waals surface area contributed by atoms with Gasteiger partial charge in [0.2, 0.25) is 0 Å². The Bertz CT molecular complexity index is 1470. The molecule has 1 radical (unpaired) electrons. The maximum Gasteiger partial charge on any atom is 0.416 e. The van der Waals surface area contributed by atoms with Gasteiger partial charge in [0.05, 0.1) is 27.8 Å². The molecule has 1 N–H and O–H groups in total. The summed E-state index contributed by atoms with van der Waals surface area (Å²) in [5.41, 5.74) is 5.24. The molecule has 0 saturated carbocycles. The average Bonchev–Trinajstić information content (AvgIpc) is 3.29. The van der Waals surface area contributed by atoms with Gasteiger partial charge in [0, 0.05) is 0 Å². The van der Waals surface area contributed by atoms with E-state index in [1.54, 1.807) is 36.4 Å². The van der Waals surface area contributed by atoms with Gasteiger partial charge < -0.3 is 4.74 Å². The van der Waals surface area contributed by atoms with Crippen molar-refractivity contribution in [3.05, 3.63) is 124 Å². The highest BCUT2D eigenvalue weighted by Gasteiger charge is 2.31. The van der Waals surface area contributed by atoms with Crippen LogP contribution in [0.1, 0.15) is 22.1 Å². The lowest BCUT2D eigenvalue weighted by Gasteiger charge is -2.19. The van der Waals surface area contributed by atoms with Crippen LogP contribution in [0.2, 0.25) is 10.0 Å². The number of thioether (sulfide) groups is 1. The van der Waals surface area contributed by atoms with Gasteiger partial charge in [-0.05, 0) is 71.8 Å². The van der Waals surface area contributed by atoms with Gasteiger partial charge in [-0.15, -0.1) is 0 Å². The predicted octanol–water partition coefficient (Wildman–Crippen LogP) is 9.04. The van der Waals surface area contributed by atoms with Gasteiger partial charge in [-0.2, -0.15) is 13.2 Å². The van der Waals surface area contributed by atoms with Crippen LogP contribution in [-0.4, -0.2) is 10.2 Å². The third-order valence-electron chi connectivity index (χ3n) is 5.53. The van der Waals surface area contributed by atoms with Crippen LogP contribution in [0.15, 0.2) is 96.0 Å². The van der Waals surface area contributed by atoms with Crippen LogP contribution in [0.5, 0.6) is 11.5 Å². The van der Waals surface area contributed by atoms with E-state index in [0.717, 1.165) is 23.3 Å². The molecule has 0 aromatic heterocycles. The SMILES string of the molecule is FC(F)(F)c1cccc(Oc2cccc(C3NN(Cc4c[c]ccc4)C(=Nc4ccc(Cl)c(Cl)c4)S3)c2)c1. The summed E-state index contributed by atoms with van der Waals surface area (Å²) in [5, 5.41) is 3.27. The lowest BCUT2D eigenvalue weighted by Crippen LogP contribution is -2.34. The molecule has 1 unspecified atom stereocenters. The Hall–Kier alpha value is -3.17. The number of halogens is 5. The van der Waals surface area contributed by atoms with Crippen LogP contribution in [0.3, 0.4) is 0 Å². The van der Waals surface area contributed by atoms with Crippen molar-refractivity contribution in [3.63, 3.8) is 0 Å². The first-order valence-corrected chi connectivity index (χ1v) is 13.0. The Balaban J connectivity index is 1.40. The Morgan fingerprint density at radius 2 is 1.74 bits per heavy atom. The first-order valence-electron chi connectivity index (χ1n) is 11.4. The molecule has 193 valence electrons. The fourth-order valence-corrected chi connectivity index (χ4v) is 5.09. The van der Waals surface area contributed by atoms with Gasteiger partial charge in [-0.25, -0.2) is 10.4 Å². The number of amidine groups is 1. The second kappa shape index (κ2) is 11.3. The van der Waals surface area contributed by atoms with Gasteiger partial charge in [0.15, 0.2) is 5.17 Å². The number of nitrogens with one attached hydrogen (secondary N) is 1. The van der Waals surface area contributed by atoms with Crippen LogP contribution in [0.25, 0.3) is 0 Å². The van der Waals surface area contributed by atoms with Crippen molar-refractivity contribution in [1.29, 1.82) is 0 Å². The minimum Gasteiger partial charge on any atom is -0.457 e. The van der Waals surface area contributed by atoms with E-state index in [4.69, 9.17) is 32.9 Å². The number of hydrazine groups is 1. The first kappa shape index (κ1) is 26.4. The van der Waals surface area contributed by atoms with Gasteiger partial charge in [0.25, 0.3) is 0 Å². The average molecular weight is 573 g/mol. The molecule has 0 spiro atoms. The van der Waals surface area contributed by atoms with E-state index < -0.39 is 11.7 Å². The highest BCUT2D eigenvalue weighted by molar-refractivity contribution is 8.14. The molecule has 1 atom stereocenters.